The molecule has 29 heavy (non-hydrogen) atoms. The molecule has 0 atom stereocenters. The van der Waals surface area contributed by atoms with Crippen LogP contribution in [0.15, 0.2) is 73.3 Å². The standard InChI is InChI=1S/C23H24ClN5/c24-19-7-8-21-22(9-11-27-23(21)13-19)26-10-4-12-29(16-20-14-25-17-28-20)15-18-5-2-1-3-6-18/h1-3,5-9,11,13-14,17H,4,10,12,15-16H2,(H,25,28)(H,26,27). The van der Waals surface area contributed by atoms with E-state index in [4.69, 9.17) is 11.6 Å². The molecule has 0 radical (unpaired) electrons. The van der Waals surface area contributed by atoms with Gasteiger partial charge in [-0.15, -0.1) is 0 Å². The van der Waals surface area contributed by atoms with Gasteiger partial charge in [-0.2, -0.15) is 0 Å². The molecule has 0 aliphatic carbocycles. The highest BCUT2D eigenvalue weighted by Crippen LogP contribution is 2.24. The van der Waals surface area contributed by atoms with Crippen molar-refractivity contribution in [1.82, 2.24) is 19.9 Å². The second kappa shape index (κ2) is 9.54. The minimum atomic E-state index is 0.706. The average molecular weight is 406 g/mol. The van der Waals surface area contributed by atoms with Crippen molar-refractivity contribution in [2.75, 3.05) is 18.4 Å². The first kappa shape index (κ1) is 19.4. The number of anilines is 1. The Labute approximate surface area is 175 Å². The smallest absolute Gasteiger partial charge is 0.0922 e. The maximum absolute atomic E-state index is 6.08. The summed E-state index contributed by atoms with van der Waals surface area (Å²) in [7, 11) is 0. The van der Waals surface area contributed by atoms with Crippen LogP contribution in [-0.2, 0) is 13.1 Å². The third kappa shape index (κ3) is 5.34. The fourth-order valence-corrected chi connectivity index (χ4v) is 3.64. The Morgan fingerprint density at radius 1 is 1.03 bits per heavy atom. The highest BCUT2D eigenvalue weighted by Gasteiger charge is 2.09. The molecule has 2 N–H and O–H groups in total. The summed E-state index contributed by atoms with van der Waals surface area (Å²) in [6.07, 6.45) is 6.47. The van der Waals surface area contributed by atoms with Gasteiger partial charge >= 0.3 is 0 Å². The summed E-state index contributed by atoms with van der Waals surface area (Å²) in [5.41, 5.74) is 4.45. The summed E-state index contributed by atoms with van der Waals surface area (Å²) < 4.78 is 0. The van der Waals surface area contributed by atoms with E-state index in [9.17, 15) is 0 Å². The Hall–Kier alpha value is -2.89. The second-order valence-electron chi connectivity index (χ2n) is 7.07. The van der Waals surface area contributed by atoms with Crippen LogP contribution in [0.25, 0.3) is 10.9 Å². The Morgan fingerprint density at radius 3 is 2.76 bits per heavy atom. The third-order valence-corrected chi connectivity index (χ3v) is 5.10. The normalized spacial score (nSPS) is 11.2. The van der Waals surface area contributed by atoms with E-state index in [1.165, 1.54) is 5.56 Å². The molecule has 2 heterocycles. The minimum Gasteiger partial charge on any atom is -0.384 e. The highest BCUT2D eigenvalue weighted by molar-refractivity contribution is 6.31. The van der Waals surface area contributed by atoms with Crippen molar-refractivity contribution < 1.29 is 0 Å². The summed E-state index contributed by atoms with van der Waals surface area (Å²) >= 11 is 6.08. The van der Waals surface area contributed by atoms with Crippen LogP contribution in [0.3, 0.4) is 0 Å². The molecule has 148 valence electrons. The van der Waals surface area contributed by atoms with Gasteiger partial charge in [0.05, 0.1) is 11.8 Å². The lowest BCUT2D eigenvalue weighted by Crippen LogP contribution is -2.25. The number of nitrogens with zero attached hydrogens (tertiary/aromatic N) is 3. The van der Waals surface area contributed by atoms with Crippen LogP contribution < -0.4 is 5.32 Å². The molecule has 2 aromatic heterocycles. The van der Waals surface area contributed by atoms with Crippen molar-refractivity contribution in [3.8, 4) is 0 Å². The molecule has 0 fully saturated rings. The first-order valence-corrected chi connectivity index (χ1v) is 10.2. The van der Waals surface area contributed by atoms with Crippen molar-refractivity contribution in [3.63, 3.8) is 0 Å². The fraction of sp³-hybridized carbons (Fsp3) is 0.217. The average Bonchev–Trinajstić information content (AvgIpc) is 3.24. The van der Waals surface area contributed by atoms with E-state index in [0.29, 0.717) is 5.02 Å². The molecule has 6 heteroatoms. The van der Waals surface area contributed by atoms with Crippen LogP contribution in [0, 0.1) is 0 Å². The molecule has 0 bridgehead atoms. The van der Waals surface area contributed by atoms with E-state index in [2.05, 4.69) is 55.5 Å². The summed E-state index contributed by atoms with van der Waals surface area (Å²) in [6, 6.07) is 18.4. The van der Waals surface area contributed by atoms with Crippen LogP contribution in [0.2, 0.25) is 5.02 Å². The van der Waals surface area contributed by atoms with Crippen LogP contribution in [0.4, 0.5) is 5.69 Å². The monoisotopic (exact) mass is 405 g/mol. The van der Waals surface area contributed by atoms with E-state index in [0.717, 1.165) is 54.9 Å². The van der Waals surface area contributed by atoms with Gasteiger partial charge in [-0.1, -0.05) is 41.9 Å². The molecule has 4 rings (SSSR count). The molecule has 0 aliphatic rings. The third-order valence-electron chi connectivity index (χ3n) is 4.87. The number of imidazole rings is 1. The maximum atomic E-state index is 6.08. The van der Waals surface area contributed by atoms with Gasteiger partial charge in [-0.3, -0.25) is 9.88 Å². The zero-order valence-electron chi connectivity index (χ0n) is 16.2. The lowest BCUT2D eigenvalue weighted by molar-refractivity contribution is 0.253. The zero-order valence-corrected chi connectivity index (χ0v) is 16.9. The predicted molar refractivity (Wildman–Crippen MR) is 119 cm³/mol. The van der Waals surface area contributed by atoms with Crippen molar-refractivity contribution >= 4 is 28.2 Å². The molecule has 5 nitrogen and oxygen atoms in total. The van der Waals surface area contributed by atoms with Gasteiger partial charge in [-0.05, 0) is 36.2 Å². The van der Waals surface area contributed by atoms with Crippen molar-refractivity contribution in [2.45, 2.75) is 19.5 Å². The molecule has 0 amide bonds. The lowest BCUT2D eigenvalue weighted by Gasteiger charge is -2.22. The van der Waals surface area contributed by atoms with Gasteiger partial charge in [0.1, 0.15) is 0 Å². The van der Waals surface area contributed by atoms with E-state index < -0.39 is 0 Å². The van der Waals surface area contributed by atoms with Crippen molar-refractivity contribution in [3.05, 3.63) is 89.6 Å². The molecular formula is C23H24ClN5. The summed E-state index contributed by atoms with van der Waals surface area (Å²) in [5, 5.41) is 5.35. The number of fused-ring (bicyclic) bond motifs is 1. The number of benzene rings is 2. The molecule has 0 saturated heterocycles. The first-order chi connectivity index (χ1) is 14.3. The Kier molecular flexibility index (Phi) is 6.39. The number of H-pyrrole nitrogens is 1. The number of hydrogen-bond acceptors (Lipinski definition) is 4. The summed E-state index contributed by atoms with van der Waals surface area (Å²) in [6.45, 7) is 3.63. The van der Waals surface area contributed by atoms with Gasteiger partial charge in [0.2, 0.25) is 0 Å². The zero-order chi connectivity index (χ0) is 19.9. The second-order valence-corrected chi connectivity index (χ2v) is 7.51. The van der Waals surface area contributed by atoms with Crippen molar-refractivity contribution in [2.24, 2.45) is 0 Å². The van der Waals surface area contributed by atoms with Crippen LogP contribution in [0.1, 0.15) is 17.7 Å². The van der Waals surface area contributed by atoms with Gasteiger partial charge < -0.3 is 10.3 Å². The number of aromatic amines is 1. The van der Waals surface area contributed by atoms with Crippen LogP contribution >= 0.6 is 11.6 Å². The van der Waals surface area contributed by atoms with E-state index in [1.54, 1.807) is 6.33 Å². The summed E-state index contributed by atoms with van der Waals surface area (Å²) in [5.74, 6) is 0. The van der Waals surface area contributed by atoms with E-state index >= 15 is 0 Å². The Morgan fingerprint density at radius 2 is 1.93 bits per heavy atom. The molecular weight excluding hydrogens is 382 g/mol. The quantitative estimate of drug-likeness (QED) is 0.380. The Balaban J connectivity index is 1.36. The number of nitrogens with one attached hydrogen (secondary N) is 2. The van der Waals surface area contributed by atoms with E-state index in [1.807, 2.05) is 36.7 Å². The largest absolute Gasteiger partial charge is 0.384 e. The summed E-state index contributed by atoms with van der Waals surface area (Å²) in [4.78, 5) is 14.2. The number of pyridine rings is 1. The van der Waals surface area contributed by atoms with E-state index in [-0.39, 0.29) is 0 Å². The van der Waals surface area contributed by atoms with Gasteiger partial charge in [0.25, 0.3) is 0 Å². The number of aromatic nitrogens is 3. The molecule has 2 aromatic carbocycles. The molecule has 4 aromatic rings. The van der Waals surface area contributed by atoms with Crippen LogP contribution in [-0.4, -0.2) is 32.9 Å². The maximum Gasteiger partial charge on any atom is 0.0922 e. The molecule has 0 unspecified atom stereocenters. The number of hydrogen-bond donors (Lipinski definition) is 2. The SMILES string of the molecule is Clc1ccc2c(NCCCN(Cc3ccccc3)Cc3cnc[nH]3)ccnc2c1. The lowest BCUT2D eigenvalue weighted by atomic mass is 10.2. The minimum absolute atomic E-state index is 0.706. The topological polar surface area (TPSA) is 56.8 Å². The number of halogens is 1. The predicted octanol–water partition coefficient (Wildman–Crippen LogP) is 5.12. The van der Waals surface area contributed by atoms with Crippen molar-refractivity contribution in [1.29, 1.82) is 0 Å². The fourth-order valence-electron chi connectivity index (χ4n) is 3.47. The number of rotatable bonds is 9. The highest BCUT2D eigenvalue weighted by atomic mass is 35.5. The van der Waals surface area contributed by atoms with Gasteiger partial charge in [0, 0.05) is 60.4 Å². The molecule has 0 aliphatic heterocycles. The first-order valence-electron chi connectivity index (χ1n) is 9.79. The van der Waals surface area contributed by atoms with Gasteiger partial charge in [0.15, 0.2) is 0 Å². The molecule has 0 spiro atoms. The van der Waals surface area contributed by atoms with Gasteiger partial charge in [-0.25, -0.2) is 4.98 Å². The van der Waals surface area contributed by atoms with Crippen LogP contribution in [0.5, 0.6) is 0 Å². The molecule has 0 saturated carbocycles. The Bertz CT molecular complexity index is 1030.